The Balaban J connectivity index is 0.000000589. The zero-order chi connectivity index (χ0) is 27.5. The third-order valence-corrected chi connectivity index (χ3v) is 8.08. The Bertz CT molecular complexity index is 1390. The number of aryl methyl sites for hydroxylation is 1. The number of carbonyl (C=O) groups is 1. The van der Waals surface area contributed by atoms with Crippen LogP contribution < -0.4 is 29.6 Å². The van der Waals surface area contributed by atoms with Gasteiger partial charge >= 0.3 is 29.6 Å². The molecule has 0 saturated heterocycles. The van der Waals surface area contributed by atoms with Crippen molar-refractivity contribution in [3.05, 3.63) is 104 Å². The predicted octanol–water partition coefficient (Wildman–Crippen LogP) is 7.28. The number of hydrogen-bond donors (Lipinski definition) is 1. The summed E-state index contributed by atoms with van der Waals surface area (Å²) in [4.78, 5) is 13.6. The first-order chi connectivity index (χ1) is 18.3. The standard InChI is InChI=1S/C25H19BrCl2NOS.C3H6.C2H4O2.Na/c1-30-21(13-10-17-6-2-3-8-20(17)26)18-7-4-5-16(15-18)9-11-19-12-14-22-24(29-19)23(27)25(28)31-22;1-2-3-1;1-2(3)4;/h2-9,11-12,14-15,21H,1,10,13H2;1-3H2;1H3,(H,3,4);/q-1;;;+1. The summed E-state index contributed by atoms with van der Waals surface area (Å²) in [6, 6.07) is 20.5. The van der Waals surface area contributed by atoms with E-state index < -0.39 is 5.97 Å². The number of ether oxygens (including phenoxy) is 1. The van der Waals surface area contributed by atoms with Crippen LogP contribution in [0.4, 0.5) is 0 Å². The molecule has 1 unspecified atom stereocenters. The summed E-state index contributed by atoms with van der Waals surface area (Å²) < 4.78 is 8.22. The number of carboxylic acid groups (broad SMARTS) is 1. The number of rotatable bonds is 7. The number of hydrogen-bond acceptors (Lipinski definition) is 4. The zero-order valence-corrected chi connectivity index (χ0v) is 27.9. The average molecular weight is 657 g/mol. The Morgan fingerprint density at radius 1 is 1.13 bits per heavy atom. The largest absolute Gasteiger partial charge is 1.00 e. The predicted molar refractivity (Wildman–Crippen MR) is 164 cm³/mol. The molecule has 1 N–H and O–H groups in total. The Morgan fingerprint density at radius 3 is 2.46 bits per heavy atom. The van der Waals surface area contributed by atoms with Gasteiger partial charge < -0.3 is 9.84 Å². The fourth-order valence-corrected chi connectivity index (χ4v) is 5.30. The van der Waals surface area contributed by atoms with Gasteiger partial charge in [-0.3, -0.25) is 4.79 Å². The molecule has 0 aliphatic heterocycles. The number of carboxylic acids is 1. The normalized spacial score (nSPS) is 12.5. The molecule has 1 aliphatic rings. The van der Waals surface area contributed by atoms with Crippen molar-refractivity contribution in [2.75, 3.05) is 0 Å². The van der Waals surface area contributed by atoms with Crippen LogP contribution in [0, 0.1) is 7.11 Å². The zero-order valence-electron chi connectivity index (χ0n) is 22.0. The number of benzene rings is 2. The van der Waals surface area contributed by atoms with Crippen LogP contribution in [0.15, 0.2) is 65.1 Å². The summed E-state index contributed by atoms with van der Waals surface area (Å²) in [6.07, 6.45) is 10.2. The van der Waals surface area contributed by atoms with Gasteiger partial charge in [0.1, 0.15) is 9.85 Å². The van der Waals surface area contributed by atoms with E-state index in [9.17, 15) is 0 Å². The Labute approximate surface area is 274 Å². The van der Waals surface area contributed by atoms with Crippen molar-refractivity contribution in [1.82, 2.24) is 4.98 Å². The molecule has 200 valence electrons. The van der Waals surface area contributed by atoms with E-state index in [0.29, 0.717) is 9.36 Å². The summed E-state index contributed by atoms with van der Waals surface area (Å²) in [7, 11) is 3.70. The van der Waals surface area contributed by atoms with Crippen LogP contribution >= 0.6 is 50.5 Å². The van der Waals surface area contributed by atoms with Gasteiger partial charge in [0.05, 0.1) is 15.4 Å². The number of fused-ring (bicyclic) bond motifs is 1. The van der Waals surface area contributed by atoms with Gasteiger partial charge in [-0.25, -0.2) is 12.1 Å². The van der Waals surface area contributed by atoms with Crippen LogP contribution in [0.25, 0.3) is 22.4 Å². The van der Waals surface area contributed by atoms with E-state index in [2.05, 4.69) is 58.4 Å². The second-order valence-electron chi connectivity index (χ2n) is 8.64. The van der Waals surface area contributed by atoms with Crippen molar-refractivity contribution in [3.8, 4) is 0 Å². The van der Waals surface area contributed by atoms with Crippen molar-refractivity contribution < 1.29 is 44.2 Å². The summed E-state index contributed by atoms with van der Waals surface area (Å²) >= 11 is 17.4. The maximum absolute atomic E-state index is 9.00. The molecule has 2 heterocycles. The van der Waals surface area contributed by atoms with Crippen LogP contribution in [-0.2, 0) is 16.0 Å². The smallest absolute Gasteiger partial charge is 0.549 e. The van der Waals surface area contributed by atoms with Crippen molar-refractivity contribution in [1.29, 1.82) is 0 Å². The summed E-state index contributed by atoms with van der Waals surface area (Å²) in [5.74, 6) is -0.833. The first kappa shape index (κ1) is 34.0. The molecule has 39 heavy (non-hydrogen) atoms. The number of aliphatic carboxylic acids is 1. The fourth-order valence-electron chi connectivity index (χ4n) is 3.41. The van der Waals surface area contributed by atoms with Crippen molar-refractivity contribution in [3.63, 3.8) is 0 Å². The molecule has 0 bridgehead atoms. The average Bonchev–Trinajstić information content (AvgIpc) is 3.76. The maximum atomic E-state index is 9.00. The first-order valence-electron chi connectivity index (χ1n) is 12.1. The number of aromatic nitrogens is 1. The topological polar surface area (TPSA) is 59.4 Å². The van der Waals surface area contributed by atoms with Gasteiger partial charge in [-0.2, -0.15) is 0 Å². The third-order valence-electron chi connectivity index (χ3n) is 5.38. The van der Waals surface area contributed by atoms with E-state index in [1.54, 1.807) is 0 Å². The van der Waals surface area contributed by atoms with Gasteiger partial charge in [-0.1, -0.05) is 101 Å². The molecular formula is C30H29BrCl2NNaO3S. The molecule has 0 amide bonds. The van der Waals surface area contributed by atoms with Crippen LogP contribution in [0.3, 0.4) is 0 Å². The second-order valence-corrected chi connectivity index (χ2v) is 11.5. The van der Waals surface area contributed by atoms with Gasteiger partial charge in [-0.15, -0.1) is 11.3 Å². The van der Waals surface area contributed by atoms with Gasteiger partial charge in [-0.05, 0) is 59.9 Å². The molecule has 2 aromatic heterocycles. The molecule has 1 saturated carbocycles. The molecule has 0 radical (unpaired) electrons. The van der Waals surface area contributed by atoms with Crippen LogP contribution in [-0.4, -0.2) is 16.1 Å². The third kappa shape index (κ3) is 11.7. The number of halogens is 3. The molecule has 5 rings (SSSR count). The minimum atomic E-state index is -0.833. The van der Waals surface area contributed by atoms with E-state index in [1.807, 2.05) is 42.5 Å². The summed E-state index contributed by atoms with van der Waals surface area (Å²) in [5.41, 5.74) is 4.99. The Kier molecular flexibility index (Phi) is 15.3. The number of pyridine rings is 1. The number of thiophene rings is 1. The minimum Gasteiger partial charge on any atom is -0.549 e. The molecule has 4 aromatic rings. The SMILES string of the molecule is C1CC1.CC(=O)O.[CH2-]OC(CCc1ccccc1Br)c1cccc(C=Cc2ccc3sc(Cl)c(Cl)c3n2)c1.[Na+]. The van der Waals surface area contributed by atoms with E-state index in [-0.39, 0.29) is 35.7 Å². The maximum Gasteiger partial charge on any atom is 1.00 e. The van der Waals surface area contributed by atoms with Gasteiger partial charge in [0, 0.05) is 17.5 Å². The van der Waals surface area contributed by atoms with Gasteiger partial charge in [0.15, 0.2) is 0 Å². The van der Waals surface area contributed by atoms with Crippen molar-refractivity contribution in [2.45, 2.75) is 45.1 Å². The minimum absolute atomic E-state index is 0. The number of nitrogens with zero attached hydrogens (tertiary/aromatic N) is 1. The molecular weight excluding hydrogens is 628 g/mol. The van der Waals surface area contributed by atoms with E-state index >= 15 is 0 Å². The second kappa shape index (κ2) is 17.6. The Hall–Kier alpha value is -1.22. The van der Waals surface area contributed by atoms with Crippen LogP contribution in [0.2, 0.25) is 9.36 Å². The van der Waals surface area contributed by atoms with Gasteiger partial charge in [0.2, 0.25) is 0 Å². The molecule has 0 spiro atoms. The van der Waals surface area contributed by atoms with Crippen LogP contribution in [0.1, 0.15) is 61.1 Å². The van der Waals surface area contributed by atoms with Gasteiger partial charge in [0.25, 0.3) is 5.97 Å². The van der Waals surface area contributed by atoms with Crippen molar-refractivity contribution >= 4 is 78.8 Å². The Morgan fingerprint density at radius 2 is 1.82 bits per heavy atom. The quantitative estimate of drug-likeness (QED) is 0.168. The van der Waals surface area contributed by atoms with E-state index in [4.69, 9.17) is 37.8 Å². The fraction of sp³-hybridized carbons (Fsp3) is 0.233. The van der Waals surface area contributed by atoms with E-state index in [1.165, 1.54) is 36.2 Å². The molecule has 1 atom stereocenters. The summed E-state index contributed by atoms with van der Waals surface area (Å²) in [5, 5.41) is 7.93. The molecule has 2 aromatic carbocycles. The molecule has 9 heteroatoms. The molecule has 4 nitrogen and oxygen atoms in total. The first-order valence-corrected chi connectivity index (χ1v) is 14.5. The van der Waals surface area contributed by atoms with Crippen LogP contribution in [0.5, 0.6) is 0 Å². The summed E-state index contributed by atoms with van der Waals surface area (Å²) in [6.45, 7) is 1.08. The molecule has 1 fully saturated rings. The monoisotopic (exact) mass is 655 g/mol. The van der Waals surface area contributed by atoms with E-state index in [0.717, 1.165) is 51.3 Å². The van der Waals surface area contributed by atoms with Crippen molar-refractivity contribution in [2.24, 2.45) is 0 Å². The molecule has 1 aliphatic carbocycles.